The largest absolute Gasteiger partial charge is 0.482 e. The zero-order chi connectivity index (χ0) is 22.1. The van der Waals surface area contributed by atoms with Crippen molar-refractivity contribution in [2.24, 2.45) is 16.7 Å². The monoisotopic (exact) mass is 425 g/mol. The van der Waals surface area contributed by atoms with E-state index in [1.54, 1.807) is 25.7 Å². The lowest BCUT2D eigenvalue weighted by molar-refractivity contribution is -0.142. The van der Waals surface area contributed by atoms with Crippen molar-refractivity contribution in [1.29, 1.82) is 0 Å². The predicted octanol–water partition coefficient (Wildman–Crippen LogP) is 3.19. The molecule has 0 unspecified atom stereocenters. The molecule has 1 saturated heterocycles. The van der Waals surface area contributed by atoms with Gasteiger partial charge in [-0.3, -0.25) is 14.9 Å². The molecule has 1 aliphatic carbocycles. The first-order valence-corrected chi connectivity index (χ1v) is 10.7. The molecule has 0 spiro atoms. The zero-order valence-electron chi connectivity index (χ0n) is 18.8. The Hall–Kier alpha value is -2.51. The quantitative estimate of drug-likeness (QED) is 0.601. The fourth-order valence-electron chi connectivity index (χ4n) is 5.72. The van der Waals surface area contributed by atoms with Crippen LogP contribution in [0, 0.1) is 16.7 Å². The maximum Gasteiger partial charge on any atom is 0.343 e. The number of carbonyl (C=O) groups is 1. The van der Waals surface area contributed by atoms with Crippen LogP contribution in [-0.2, 0) is 20.8 Å². The Labute approximate surface area is 183 Å². The van der Waals surface area contributed by atoms with Crippen molar-refractivity contribution >= 4 is 5.97 Å². The van der Waals surface area contributed by atoms with Gasteiger partial charge in [-0.15, -0.1) is 0 Å². The van der Waals surface area contributed by atoms with E-state index < -0.39 is 5.97 Å². The van der Waals surface area contributed by atoms with E-state index in [0.29, 0.717) is 17.1 Å². The van der Waals surface area contributed by atoms with Gasteiger partial charge in [0.1, 0.15) is 5.75 Å². The molecule has 1 saturated carbocycles. The van der Waals surface area contributed by atoms with E-state index in [4.69, 9.17) is 14.2 Å². The van der Waals surface area contributed by atoms with Gasteiger partial charge in [-0.1, -0.05) is 13.8 Å². The molecule has 0 bridgehead atoms. The fraction of sp³-hybridized carbons (Fsp3) is 0.542. The number of carbonyl (C=O) groups excluding carboxylic acids is 1. The van der Waals surface area contributed by atoms with Crippen LogP contribution >= 0.6 is 0 Å². The lowest BCUT2D eigenvalue weighted by Crippen LogP contribution is -2.55. The number of esters is 1. The number of ether oxygens (including phenoxy) is 3. The molecule has 7 heteroatoms. The highest BCUT2D eigenvalue weighted by Crippen LogP contribution is 2.62. The fourth-order valence-corrected chi connectivity index (χ4v) is 5.72. The second-order valence-electron chi connectivity index (χ2n) is 9.46. The number of rotatable bonds is 8. The Balaban J connectivity index is 1.58. The summed E-state index contributed by atoms with van der Waals surface area (Å²) in [5.41, 5.74) is 3.37. The molecule has 4 rings (SSSR count). The first kappa shape index (κ1) is 21.7. The smallest absolute Gasteiger partial charge is 0.343 e. The Morgan fingerprint density at radius 3 is 2.77 bits per heavy atom. The van der Waals surface area contributed by atoms with E-state index in [-0.39, 0.29) is 12.0 Å². The van der Waals surface area contributed by atoms with Crippen molar-refractivity contribution < 1.29 is 19.0 Å². The second-order valence-corrected chi connectivity index (χ2v) is 9.46. The number of aromatic nitrogens is 2. The highest BCUT2D eigenvalue weighted by molar-refractivity contribution is 5.71. The maximum atomic E-state index is 11.6. The third-order valence-electron chi connectivity index (χ3n) is 6.79. The molecule has 1 aromatic heterocycles. The van der Waals surface area contributed by atoms with Crippen molar-refractivity contribution in [1.82, 2.24) is 14.9 Å². The van der Waals surface area contributed by atoms with Crippen LogP contribution < -0.4 is 4.74 Å². The maximum absolute atomic E-state index is 11.6. The van der Waals surface area contributed by atoms with E-state index in [2.05, 4.69) is 34.8 Å². The third-order valence-corrected chi connectivity index (χ3v) is 6.79. The number of fused-ring (bicyclic) bond motifs is 1. The van der Waals surface area contributed by atoms with Crippen LogP contribution in [0.5, 0.6) is 5.75 Å². The van der Waals surface area contributed by atoms with Gasteiger partial charge in [0.15, 0.2) is 6.61 Å². The molecule has 0 N–H and O–H groups in total. The Kier molecular flexibility index (Phi) is 5.99. The average molecular weight is 426 g/mol. The Morgan fingerprint density at radius 2 is 2.10 bits per heavy atom. The van der Waals surface area contributed by atoms with Crippen LogP contribution in [0.1, 0.15) is 25.8 Å². The highest BCUT2D eigenvalue weighted by Gasteiger charge is 2.62. The topological polar surface area (TPSA) is 73.8 Å². The number of hydrogen-bond acceptors (Lipinski definition) is 7. The number of likely N-dealkylation sites (tertiary alicyclic amines) is 1. The summed E-state index contributed by atoms with van der Waals surface area (Å²) in [5.74, 6) is 0.906. The Morgan fingerprint density at radius 1 is 1.26 bits per heavy atom. The molecule has 2 fully saturated rings. The standard InChI is InChI=1S/C24H31N3O4/c1-23(2)14-24(16-29-3)15-27(12-21(23)24)11-18-9-17(19-10-25-7-8-26-19)5-6-20(18)31-13-22(28)30-4/h5-10,21H,11-16H2,1-4H3/t21-,24-/m1/s1. The molecule has 0 amide bonds. The van der Waals surface area contributed by atoms with Crippen LogP contribution in [0.25, 0.3) is 11.3 Å². The van der Waals surface area contributed by atoms with Crippen LogP contribution in [0.4, 0.5) is 0 Å². The van der Waals surface area contributed by atoms with Gasteiger partial charge in [0, 0.05) is 55.7 Å². The van der Waals surface area contributed by atoms with Gasteiger partial charge >= 0.3 is 5.97 Å². The van der Waals surface area contributed by atoms with Crippen LogP contribution in [-0.4, -0.2) is 61.4 Å². The van der Waals surface area contributed by atoms with E-state index in [1.165, 1.54) is 13.5 Å². The SMILES string of the molecule is COC[C@@]12CN(Cc3cc(-c4cnccn4)ccc3OCC(=O)OC)C[C@@H]1C(C)(C)C2. The van der Waals surface area contributed by atoms with Crippen LogP contribution in [0.15, 0.2) is 36.8 Å². The van der Waals surface area contributed by atoms with Crippen LogP contribution in [0.3, 0.4) is 0 Å². The van der Waals surface area contributed by atoms with Gasteiger partial charge in [0.05, 0.1) is 25.6 Å². The number of hydrogen-bond donors (Lipinski definition) is 0. The minimum Gasteiger partial charge on any atom is -0.482 e. The van der Waals surface area contributed by atoms with Crippen LogP contribution in [0.2, 0.25) is 0 Å². The lowest BCUT2D eigenvalue weighted by Gasteiger charge is -2.56. The summed E-state index contributed by atoms with van der Waals surface area (Å²) in [5, 5.41) is 0. The van der Waals surface area contributed by atoms with Gasteiger partial charge in [0.2, 0.25) is 0 Å². The number of nitrogens with zero attached hydrogens (tertiary/aromatic N) is 3. The molecular formula is C24H31N3O4. The zero-order valence-corrected chi connectivity index (χ0v) is 18.8. The lowest BCUT2D eigenvalue weighted by atomic mass is 9.48. The van der Waals surface area contributed by atoms with E-state index in [0.717, 1.165) is 43.1 Å². The summed E-state index contributed by atoms with van der Waals surface area (Å²) in [6.07, 6.45) is 6.28. The van der Waals surface area contributed by atoms with Gasteiger partial charge in [-0.25, -0.2) is 4.79 Å². The van der Waals surface area contributed by atoms with Gasteiger partial charge in [0.25, 0.3) is 0 Å². The van der Waals surface area contributed by atoms with Gasteiger partial charge < -0.3 is 14.2 Å². The number of benzene rings is 1. The van der Waals surface area contributed by atoms with E-state index in [1.807, 2.05) is 12.1 Å². The molecule has 2 atom stereocenters. The molecule has 7 nitrogen and oxygen atoms in total. The first-order chi connectivity index (χ1) is 14.9. The molecule has 1 aromatic carbocycles. The number of methoxy groups -OCH3 is 2. The molecule has 0 radical (unpaired) electrons. The summed E-state index contributed by atoms with van der Waals surface area (Å²) in [7, 11) is 3.16. The molecule has 2 heterocycles. The Bertz CT molecular complexity index is 934. The van der Waals surface area contributed by atoms with Crippen molar-refractivity contribution in [3.8, 4) is 17.0 Å². The molecule has 1 aliphatic heterocycles. The van der Waals surface area contributed by atoms with Crippen molar-refractivity contribution in [2.75, 3.05) is 40.5 Å². The van der Waals surface area contributed by atoms with Crippen molar-refractivity contribution in [3.05, 3.63) is 42.4 Å². The molecule has 2 aliphatic rings. The van der Waals surface area contributed by atoms with E-state index >= 15 is 0 Å². The first-order valence-electron chi connectivity index (χ1n) is 10.7. The predicted molar refractivity (Wildman–Crippen MR) is 116 cm³/mol. The minimum atomic E-state index is -0.399. The van der Waals surface area contributed by atoms with Gasteiger partial charge in [-0.2, -0.15) is 0 Å². The van der Waals surface area contributed by atoms with E-state index in [9.17, 15) is 4.79 Å². The summed E-state index contributed by atoms with van der Waals surface area (Å²) < 4.78 is 16.1. The van der Waals surface area contributed by atoms with Crippen molar-refractivity contribution in [3.63, 3.8) is 0 Å². The second kappa shape index (κ2) is 8.55. The highest BCUT2D eigenvalue weighted by atomic mass is 16.6. The average Bonchev–Trinajstić information content (AvgIpc) is 3.06. The molecule has 166 valence electrons. The normalized spacial score (nSPS) is 24.3. The molecular weight excluding hydrogens is 394 g/mol. The van der Waals surface area contributed by atoms with Gasteiger partial charge in [-0.05, 0) is 36.0 Å². The van der Waals surface area contributed by atoms with Crippen molar-refractivity contribution in [2.45, 2.75) is 26.8 Å². The minimum absolute atomic E-state index is 0.114. The molecule has 2 aromatic rings. The summed E-state index contributed by atoms with van der Waals surface area (Å²) in [6.45, 7) is 8.16. The molecule has 31 heavy (non-hydrogen) atoms. The third kappa shape index (κ3) is 4.29. The summed E-state index contributed by atoms with van der Waals surface area (Å²) in [4.78, 5) is 22.7. The summed E-state index contributed by atoms with van der Waals surface area (Å²) in [6, 6.07) is 5.94. The summed E-state index contributed by atoms with van der Waals surface area (Å²) >= 11 is 0.